The molecule has 2 atom stereocenters. The molecule has 2 aliphatic rings. The van der Waals surface area contributed by atoms with Gasteiger partial charge in [-0.2, -0.15) is 0 Å². The molecule has 2 amide bonds. The Morgan fingerprint density at radius 2 is 1.54 bits per heavy atom. The van der Waals surface area contributed by atoms with Crippen LogP contribution in [0.25, 0.3) is 0 Å². The highest BCUT2D eigenvalue weighted by Crippen LogP contribution is 2.45. The van der Waals surface area contributed by atoms with E-state index in [0.29, 0.717) is 19.1 Å². The molecule has 3 nitrogen and oxygen atoms in total. The van der Waals surface area contributed by atoms with Gasteiger partial charge in [-0.05, 0) is 37.3 Å². The number of amides is 2. The minimum atomic E-state index is -0.0400. The number of carbonyl (C=O) groups is 1. The number of nitrogens with zero attached hydrogens (tertiary/aromatic N) is 2. The second-order valence-electron chi connectivity index (χ2n) is 7.23. The second kappa shape index (κ2) is 5.97. The van der Waals surface area contributed by atoms with Crippen molar-refractivity contribution >= 4 is 6.03 Å². The Morgan fingerprint density at radius 3 is 2.17 bits per heavy atom. The van der Waals surface area contributed by atoms with Crippen LogP contribution in [0.4, 0.5) is 4.79 Å². The first-order valence-corrected chi connectivity index (χ1v) is 8.84. The van der Waals surface area contributed by atoms with Crippen LogP contribution in [0.1, 0.15) is 37.3 Å². The second-order valence-corrected chi connectivity index (χ2v) is 7.23. The van der Waals surface area contributed by atoms with Crippen molar-refractivity contribution in [2.45, 2.75) is 50.9 Å². The number of urea groups is 1. The van der Waals surface area contributed by atoms with Gasteiger partial charge in [0.2, 0.25) is 0 Å². The molecule has 1 saturated carbocycles. The summed E-state index contributed by atoms with van der Waals surface area (Å²) >= 11 is 0. The Balaban J connectivity index is 1.62. The maximum Gasteiger partial charge on any atom is 0.321 e. The monoisotopic (exact) mass is 320 g/mol. The van der Waals surface area contributed by atoms with E-state index in [9.17, 15) is 4.79 Å². The van der Waals surface area contributed by atoms with E-state index in [1.807, 2.05) is 36.4 Å². The number of carbonyl (C=O) groups excluding carboxylic acids is 1. The molecule has 2 aromatic rings. The van der Waals surface area contributed by atoms with E-state index in [1.54, 1.807) is 0 Å². The van der Waals surface area contributed by atoms with Gasteiger partial charge >= 0.3 is 6.03 Å². The fourth-order valence-electron chi connectivity index (χ4n) is 4.42. The largest absolute Gasteiger partial charge is 0.321 e. The average Bonchev–Trinajstić information content (AvgIpc) is 3.08. The maximum absolute atomic E-state index is 13.2. The van der Waals surface area contributed by atoms with E-state index in [4.69, 9.17) is 0 Å². The maximum atomic E-state index is 13.2. The Kier molecular flexibility index (Phi) is 3.79. The predicted molar refractivity (Wildman–Crippen MR) is 95.4 cm³/mol. The first-order valence-electron chi connectivity index (χ1n) is 8.84. The molecule has 2 aromatic carbocycles. The van der Waals surface area contributed by atoms with Crippen LogP contribution in [0.15, 0.2) is 60.7 Å². The highest BCUT2D eigenvalue weighted by Gasteiger charge is 2.56. The molecule has 24 heavy (non-hydrogen) atoms. The topological polar surface area (TPSA) is 23.6 Å². The minimum Gasteiger partial charge on any atom is -0.315 e. The molecule has 4 rings (SSSR count). The smallest absolute Gasteiger partial charge is 0.315 e. The van der Waals surface area contributed by atoms with Crippen molar-refractivity contribution in [3.63, 3.8) is 0 Å². The van der Waals surface area contributed by atoms with E-state index in [1.165, 1.54) is 17.5 Å². The summed E-state index contributed by atoms with van der Waals surface area (Å²) in [5, 5.41) is 0. The molecule has 0 radical (unpaired) electrons. The van der Waals surface area contributed by atoms with Gasteiger partial charge < -0.3 is 9.80 Å². The summed E-state index contributed by atoms with van der Waals surface area (Å²) in [6.45, 7) is 3.69. The van der Waals surface area contributed by atoms with Crippen molar-refractivity contribution in [2.75, 3.05) is 0 Å². The molecule has 2 fully saturated rings. The summed E-state index contributed by atoms with van der Waals surface area (Å²) in [7, 11) is 0. The van der Waals surface area contributed by atoms with E-state index in [0.717, 1.165) is 12.8 Å². The van der Waals surface area contributed by atoms with E-state index >= 15 is 0 Å². The third-order valence-corrected chi connectivity index (χ3v) is 5.73. The van der Waals surface area contributed by atoms with Crippen LogP contribution in [0.5, 0.6) is 0 Å². The molecular formula is C21H24N2O. The van der Waals surface area contributed by atoms with Crippen LogP contribution in [0.3, 0.4) is 0 Å². The van der Waals surface area contributed by atoms with Gasteiger partial charge in [0, 0.05) is 13.1 Å². The lowest BCUT2D eigenvalue weighted by Gasteiger charge is -2.33. The standard InChI is InChI=1S/C21H24N2O/c1-21-14-8-13-19(21)22(15-17-9-4-2-5-10-17)20(24)23(21)16-18-11-6-3-7-12-18/h2-7,9-12,19H,8,13-16H2,1H3/t19-,21+/m0/s1. The van der Waals surface area contributed by atoms with Crippen molar-refractivity contribution in [1.29, 1.82) is 0 Å². The summed E-state index contributed by atoms with van der Waals surface area (Å²) in [4.78, 5) is 17.4. The summed E-state index contributed by atoms with van der Waals surface area (Å²) in [5.74, 6) is 0. The normalized spacial score (nSPS) is 26.0. The van der Waals surface area contributed by atoms with Crippen molar-refractivity contribution in [3.05, 3.63) is 71.8 Å². The summed E-state index contributed by atoms with van der Waals surface area (Å²) in [5.41, 5.74) is 2.38. The number of rotatable bonds is 4. The summed E-state index contributed by atoms with van der Waals surface area (Å²) in [6.07, 6.45) is 3.41. The summed E-state index contributed by atoms with van der Waals surface area (Å²) < 4.78 is 0. The van der Waals surface area contributed by atoms with Crippen LogP contribution in [-0.4, -0.2) is 27.4 Å². The predicted octanol–water partition coefficient (Wildman–Crippen LogP) is 4.44. The van der Waals surface area contributed by atoms with Crippen LogP contribution in [0, 0.1) is 0 Å². The molecule has 1 saturated heterocycles. The number of hydrogen-bond donors (Lipinski definition) is 0. The average molecular weight is 320 g/mol. The molecule has 124 valence electrons. The minimum absolute atomic E-state index is 0.0400. The fourth-order valence-corrected chi connectivity index (χ4v) is 4.42. The van der Waals surface area contributed by atoms with E-state index < -0.39 is 0 Å². The zero-order chi connectivity index (χ0) is 16.6. The van der Waals surface area contributed by atoms with Crippen LogP contribution < -0.4 is 0 Å². The zero-order valence-electron chi connectivity index (χ0n) is 14.2. The third kappa shape index (κ3) is 2.48. The molecule has 0 aromatic heterocycles. The molecule has 0 spiro atoms. The van der Waals surface area contributed by atoms with Crippen LogP contribution in [-0.2, 0) is 13.1 Å². The summed E-state index contributed by atoms with van der Waals surface area (Å²) in [6, 6.07) is 21.2. The van der Waals surface area contributed by atoms with Crippen LogP contribution in [0.2, 0.25) is 0 Å². The van der Waals surface area contributed by atoms with Gasteiger partial charge in [-0.1, -0.05) is 60.7 Å². The molecular weight excluding hydrogens is 296 g/mol. The fraction of sp³-hybridized carbons (Fsp3) is 0.381. The molecule has 0 bridgehead atoms. The lowest BCUT2D eigenvalue weighted by molar-refractivity contribution is 0.155. The van der Waals surface area contributed by atoms with Crippen molar-refractivity contribution in [2.24, 2.45) is 0 Å². The quantitative estimate of drug-likeness (QED) is 0.817. The molecule has 1 aliphatic heterocycles. The third-order valence-electron chi connectivity index (χ3n) is 5.73. The van der Waals surface area contributed by atoms with Gasteiger partial charge in [0.25, 0.3) is 0 Å². The number of hydrogen-bond acceptors (Lipinski definition) is 1. The van der Waals surface area contributed by atoms with Crippen molar-refractivity contribution < 1.29 is 4.79 Å². The highest BCUT2D eigenvalue weighted by molar-refractivity contribution is 5.79. The Bertz CT molecular complexity index is 715. The van der Waals surface area contributed by atoms with Gasteiger partial charge in [-0.15, -0.1) is 0 Å². The van der Waals surface area contributed by atoms with Gasteiger partial charge in [-0.25, -0.2) is 4.79 Å². The molecule has 3 heteroatoms. The first kappa shape index (κ1) is 15.3. The van der Waals surface area contributed by atoms with Gasteiger partial charge in [-0.3, -0.25) is 0 Å². The van der Waals surface area contributed by atoms with Gasteiger partial charge in [0.1, 0.15) is 0 Å². The molecule has 0 unspecified atom stereocenters. The highest BCUT2D eigenvalue weighted by atomic mass is 16.2. The Hall–Kier alpha value is -2.29. The zero-order valence-corrected chi connectivity index (χ0v) is 14.2. The molecule has 1 heterocycles. The Labute approximate surface area is 143 Å². The molecule has 1 aliphatic carbocycles. The SMILES string of the molecule is C[C@@]12CCC[C@@H]1N(Cc1ccccc1)C(=O)N2Cc1ccccc1. The number of fused-ring (bicyclic) bond motifs is 1. The van der Waals surface area contributed by atoms with Gasteiger partial charge in [0.05, 0.1) is 11.6 Å². The van der Waals surface area contributed by atoms with Crippen molar-refractivity contribution in [3.8, 4) is 0 Å². The lowest BCUT2D eigenvalue weighted by Crippen LogP contribution is -2.45. The van der Waals surface area contributed by atoms with Gasteiger partial charge in [0.15, 0.2) is 0 Å². The van der Waals surface area contributed by atoms with Crippen molar-refractivity contribution in [1.82, 2.24) is 9.80 Å². The van der Waals surface area contributed by atoms with E-state index in [2.05, 4.69) is 41.0 Å². The number of benzene rings is 2. The Morgan fingerprint density at radius 1 is 0.958 bits per heavy atom. The first-order chi connectivity index (χ1) is 11.7. The van der Waals surface area contributed by atoms with E-state index in [-0.39, 0.29) is 11.6 Å². The lowest BCUT2D eigenvalue weighted by atomic mass is 9.94. The molecule has 0 N–H and O–H groups in total. The van der Waals surface area contributed by atoms with Crippen LogP contribution >= 0.6 is 0 Å².